The number of amides is 1. The molecule has 0 N–H and O–H groups in total. The lowest BCUT2D eigenvalue weighted by atomic mass is 9.90. The first-order valence-electron chi connectivity index (χ1n) is 8.09. The van der Waals surface area contributed by atoms with E-state index in [2.05, 4.69) is 5.10 Å². The molecule has 1 aromatic heterocycles. The Bertz CT molecular complexity index is 861. The highest BCUT2D eigenvalue weighted by Crippen LogP contribution is 2.23. The third-order valence-corrected chi connectivity index (χ3v) is 4.64. The van der Waals surface area contributed by atoms with Gasteiger partial charge in [-0.15, -0.1) is 0 Å². The highest BCUT2D eigenvalue weighted by Gasteiger charge is 2.30. The molecule has 1 unspecified atom stereocenters. The van der Waals surface area contributed by atoms with Crippen molar-refractivity contribution >= 4 is 23.3 Å². The fourth-order valence-electron chi connectivity index (χ4n) is 3.00. The predicted octanol–water partition coefficient (Wildman–Crippen LogP) is 2.17. The zero-order valence-electron chi connectivity index (χ0n) is 13.8. The standard InChI is InChI=1S/C18H18ClN3O3/c1-21-16(23)9-8-15(20-21)18(25)22-10-2-3-13(11-22)17(24)12-4-6-14(19)7-5-12/h4-9,13H,2-3,10-11H2,1H3. The first kappa shape index (κ1) is 17.4. The Morgan fingerprint density at radius 1 is 1.16 bits per heavy atom. The number of nitrogens with zero attached hydrogens (tertiary/aromatic N) is 3. The molecule has 1 saturated heterocycles. The highest BCUT2D eigenvalue weighted by atomic mass is 35.5. The molecule has 25 heavy (non-hydrogen) atoms. The third kappa shape index (κ3) is 3.79. The summed E-state index contributed by atoms with van der Waals surface area (Å²) in [6.07, 6.45) is 1.49. The van der Waals surface area contributed by atoms with E-state index in [9.17, 15) is 14.4 Å². The second kappa shape index (κ2) is 7.19. The van der Waals surface area contributed by atoms with Gasteiger partial charge in [-0.2, -0.15) is 5.10 Å². The van der Waals surface area contributed by atoms with Crippen LogP contribution < -0.4 is 5.56 Å². The Morgan fingerprint density at radius 3 is 2.56 bits per heavy atom. The van der Waals surface area contributed by atoms with Crippen molar-refractivity contribution in [2.45, 2.75) is 12.8 Å². The highest BCUT2D eigenvalue weighted by molar-refractivity contribution is 6.30. The van der Waals surface area contributed by atoms with Crippen molar-refractivity contribution < 1.29 is 9.59 Å². The molecule has 1 amide bonds. The smallest absolute Gasteiger partial charge is 0.274 e. The van der Waals surface area contributed by atoms with Crippen LogP contribution in [0.5, 0.6) is 0 Å². The molecule has 1 aliphatic heterocycles. The van der Waals surface area contributed by atoms with Crippen molar-refractivity contribution in [3.05, 3.63) is 63.0 Å². The van der Waals surface area contributed by atoms with Crippen LogP contribution in [0.1, 0.15) is 33.7 Å². The van der Waals surface area contributed by atoms with Crippen molar-refractivity contribution in [1.82, 2.24) is 14.7 Å². The number of aryl methyl sites for hydroxylation is 1. The zero-order valence-corrected chi connectivity index (χ0v) is 14.6. The SMILES string of the molecule is Cn1nc(C(=O)N2CCCC(C(=O)c3ccc(Cl)cc3)C2)ccc1=O. The van der Waals surface area contributed by atoms with E-state index in [4.69, 9.17) is 11.6 Å². The van der Waals surface area contributed by atoms with E-state index in [1.165, 1.54) is 19.2 Å². The van der Waals surface area contributed by atoms with Crippen LogP contribution in [-0.4, -0.2) is 39.5 Å². The Balaban J connectivity index is 1.75. The average molecular weight is 360 g/mol. The molecule has 2 aromatic rings. The van der Waals surface area contributed by atoms with E-state index < -0.39 is 0 Å². The lowest BCUT2D eigenvalue weighted by Gasteiger charge is -2.31. The Morgan fingerprint density at radius 2 is 1.88 bits per heavy atom. The zero-order chi connectivity index (χ0) is 18.0. The van der Waals surface area contributed by atoms with Crippen LogP contribution in [-0.2, 0) is 7.05 Å². The van der Waals surface area contributed by atoms with Gasteiger partial charge in [-0.05, 0) is 43.2 Å². The van der Waals surface area contributed by atoms with Crippen LogP contribution in [0.4, 0.5) is 0 Å². The molecule has 3 rings (SSSR count). The number of hydrogen-bond acceptors (Lipinski definition) is 4. The normalized spacial score (nSPS) is 17.4. The second-order valence-corrected chi connectivity index (χ2v) is 6.58. The number of likely N-dealkylation sites (tertiary alicyclic amines) is 1. The summed E-state index contributed by atoms with van der Waals surface area (Å²) < 4.78 is 1.13. The van der Waals surface area contributed by atoms with E-state index >= 15 is 0 Å². The maximum absolute atomic E-state index is 12.7. The topological polar surface area (TPSA) is 72.3 Å². The number of Topliss-reactive ketones (excluding diaryl/α,β-unsaturated/α-hetero) is 1. The Kier molecular flexibility index (Phi) is 4.99. The van der Waals surface area contributed by atoms with Crippen LogP contribution in [0.25, 0.3) is 0 Å². The molecule has 0 aliphatic carbocycles. The largest absolute Gasteiger partial charge is 0.337 e. The minimum atomic E-state index is -0.272. The quantitative estimate of drug-likeness (QED) is 0.787. The van der Waals surface area contributed by atoms with Crippen molar-refractivity contribution in [2.24, 2.45) is 13.0 Å². The second-order valence-electron chi connectivity index (χ2n) is 6.14. The summed E-state index contributed by atoms with van der Waals surface area (Å²) in [7, 11) is 1.50. The monoisotopic (exact) mass is 359 g/mol. The Labute approximate surface area is 150 Å². The number of benzene rings is 1. The number of halogens is 1. The van der Waals surface area contributed by atoms with E-state index in [1.54, 1.807) is 29.2 Å². The van der Waals surface area contributed by atoms with Gasteiger partial charge in [0, 0.05) is 42.7 Å². The minimum Gasteiger partial charge on any atom is -0.337 e. The van der Waals surface area contributed by atoms with Gasteiger partial charge in [-0.25, -0.2) is 4.68 Å². The molecule has 6 nitrogen and oxygen atoms in total. The number of rotatable bonds is 3. The molecule has 1 aliphatic rings. The molecular formula is C18H18ClN3O3. The first-order chi connectivity index (χ1) is 12.0. The number of aromatic nitrogens is 2. The van der Waals surface area contributed by atoms with E-state index in [1.807, 2.05) is 0 Å². The fraction of sp³-hybridized carbons (Fsp3) is 0.333. The van der Waals surface area contributed by atoms with Crippen molar-refractivity contribution in [2.75, 3.05) is 13.1 Å². The molecule has 1 fully saturated rings. The molecule has 1 atom stereocenters. The van der Waals surface area contributed by atoms with Gasteiger partial charge in [0.2, 0.25) is 0 Å². The van der Waals surface area contributed by atoms with Crippen LogP contribution in [0.2, 0.25) is 5.02 Å². The van der Waals surface area contributed by atoms with Gasteiger partial charge in [0.15, 0.2) is 5.78 Å². The molecule has 2 heterocycles. The number of carbonyl (C=O) groups is 2. The summed E-state index contributed by atoms with van der Waals surface area (Å²) in [5.41, 5.74) is 0.539. The van der Waals surface area contributed by atoms with Gasteiger partial charge >= 0.3 is 0 Å². The van der Waals surface area contributed by atoms with E-state index in [0.717, 1.165) is 17.5 Å². The summed E-state index contributed by atoms with van der Waals surface area (Å²) in [6, 6.07) is 9.54. The van der Waals surface area contributed by atoms with Crippen LogP contribution in [0, 0.1) is 5.92 Å². The molecule has 7 heteroatoms. The van der Waals surface area contributed by atoms with Gasteiger partial charge in [-0.1, -0.05) is 11.6 Å². The maximum Gasteiger partial charge on any atom is 0.274 e. The number of carbonyl (C=O) groups excluding carboxylic acids is 2. The van der Waals surface area contributed by atoms with Crippen LogP contribution >= 0.6 is 11.6 Å². The van der Waals surface area contributed by atoms with E-state index in [-0.39, 0.29) is 28.9 Å². The fourth-order valence-corrected chi connectivity index (χ4v) is 3.13. The lowest BCUT2D eigenvalue weighted by Crippen LogP contribution is -2.43. The van der Waals surface area contributed by atoms with Gasteiger partial charge in [0.1, 0.15) is 5.69 Å². The summed E-state index contributed by atoms with van der Waals surface area (Å²) in [5, 5.41) is 4.58. The molecule has 1 aromatic carbocycles. The van der Waals surface area contributed by atoms with Crippen molar-refractivity contribution in [1.29, 1.82) is 0 Å². The summed E-state index contributed by atoms with van der Waals surface area (Å²) in [4.78, 5) is 38.4. The average Bonchev–Trinajstić information content (AvgIpc) is 2.63. The summed E-state index contributed by atoms with van der Waals surface area (Å²) >= 11 is 5.86. The van der Waals surface area contributed by atoms with E-state index in [0.29, 0.717) is 23.7 Å². The number of ketones is 1. The van der Waals surface area contributed by atoms with Crippen molar-refractivity contribution in [3.8, 4) is 0 Å². The van der Waals surface area contributed by atoms with Crippen LogP contribution in [0.15, 0.2) is 41.2 Å². The minimum absolute atomic E-state index is 0.0163. The molecule has 130 valence electrons. The Hall–Kier alpha value is -2.47. The molecule has 0 spiro atoms. The van der Waals surface area contributed by atoms with Gasteiger partial charge in [0.25, 0.3) is 11.5 Å². The van der Waals surface area contributed by atoms with Crippen molar-refractivity contribution in [3.63, 3.8) is 0 Å². The molecule has 0 radical (unpaired) electrons. The molecule has 0 saturated carbocycles. The van der Waals surface area contributed by atoms with Gasteiger partial charge in [-0.3, -0.25) is 14.4 Å². The van der Waals surface area contributed by atoms with Gasteiger partial charge < -0.3 is 4.90 Å². The third-order valence-electron chi connectivity index (χ3n) is 4.39. The molecule has 0 bridgehead atoms. The predicted molar refractivity (Wildman–Crippen MR) is 93.9 cm³/mol. The summed E-state index contributed by atoms with van der Waals surface area (Å²) in [6.45, 7) is 0.929. The summed E-state index contributed by atoms with van der Waals surface area (Å²) in [5.74, 6) is -0.488. The van der Waals surface area contributed by atoms with Gasteiger partial charge in [0.05, 0.1) is 0 Å². The molecular weight excluding hydrogens is 342 g/mol. The van der Waals surface area contributed by atoms with Crippen LogP contribution in [0.3, 0.4) is 0 Å². The first-order valence-corrected chi connectivity index (χ1v) is 8.47. The number of piperidine rings is 1. The number of hydrogen-bond donors (Lipinski definition) is 0. The lowest BCUT2D eigenvalue weighted by molar-refractivity contribution is 0.0630. The maximum atomic E-state index is 12.7.